The third-order valence-corrected chi connectivity index (χ3v) is 3.28. The summed E-state index contributed by atoms with van der Waals surface area (Å²) in [5.74, 6) is 0.0306. The van der Waals surface area contributed by atoms with Gasteiger partial charge in [0.05, 0.1) is 6.42 Å². The van der Waals surface area contributed by atoms with Gasteiger partial charge >= 0.3 is 0 Å². The van der Waals surface area contributed by atoms with Gasteiger partial charge in [-0.3, -0.25) is 4.79 Å². The van der Waals surface area contributed by atoms with Gasteiger partial charge in [-0.05, 0) is 43.5 Å². The highest BCUT2D eigenvalue weighted by Gasteiger charge is 2.09. The van der Waals surface area contributed by atoms with Gasteiger partial charge < -0.3 is 10.3 Å². The van der Waals surface area contributed by atoms with Gasteiger partial charge in [-0.25, -0.2) is 0 Å². The summed E-state index contributed by atoms with van der Waals surface area (Å²) in [6.45, 7) is 6.08. The van der Waals surface area contributed by atoms with E-state index in [2.05, 4.69) is 17.2 Å². The number of benzene rings is 1. The zero-order chi connectivity index (χ0) is 13.8. The monoisotopic (exact) mass is 256 g/mol. The number of nitrogens with one attached hydrogen (secondary N) is 2. The normalized spacial score (nSPS) is 10.5. The van der Waals surface area contributed by atoms with Gasteiger partial charge in [0, 0.05) is 17.1 Å². The molecule has 1 amide bonds. The minimum atomic E-state index is 0.0306. The Morgan fingerprint density at radius 3 is 2.58 bits per heavy atom. The Morgan fingerprint density at radius 2 is 1.95 bits per heavy atom. The van der Waals surface area contributed by atoms with Gasteiger partial charge in [-0.15, -0.1) is 0 Å². The Hall–Kier alpha value is -2.03. The van der Waals surface area contributed by atoms with Crippen molar-refractivity contribution in [3.8, 4) is 0 Å². The summed E-state index contributed by atoms with van der Waals surface area (Å²) in [7, 11) is 0. The highest BCUT2D eigenvalue weighted by atomic mass is 16.1. The molecule has 0 aliphatic carbocycles. The van der Waals surface area contributed by atoms with Gasteiger partial charge in [0.25, 0.3) is 0 Å². The number of H-pyrrole nitrogens is 1. The SMILES string of the molecule is CCc1ccccc1NC(=O)Cc1cc(C)[nH]c1C. The standard InChI is InChI=1S/C16H20N2O/c1-4-13-7-5-6-8-15(13)18-16(19)10-14-9-11(2)17-12(14)3/h5-9,17H,4,10H2,1-3H3,(H,18,19). The van der Waals surface area contributed by atoms with Crippen molar-refractivity contribution in [2.75, 3.05) is 5.32 Å². The molecule has 2 rings (SSSR count). The van der Waals surface area contributed by atoms with Crippen LogP contribution in [0.4, 0.5) is 5.69 Å². The Kier molecular flexibility index (Phi) is 4.05. The van der Waals surface area contributed by atoms with Crippen LogP contribution in [-0.2, 0) is 17.6 Å². The number of amides is 1. The quantitative estimate of drug-likeness (QED) is 0.865. The van der Waals surface area contributed by atoms with Gasteiger partial charge in [-0.1, -0.05) is 25.1 Å². The van der Waals surface area contributed by atoms with Crippen molar-refractivity contribution < 1.29 is 4.79 Å². The highest BCUT2D eigenvalue weighted by Crippen LogP contribution is 2.16. The van der Waals surface area contributed by atoms with E-state index in [-0.39, 0.29) is 5.91 Å². The second-order valence-corrected chi connectivity index (χ2v) is 4.84. The van der Waals surface area contributed by atoms with Crippen molar-refractivity contribution in [2.45, 2.75) is 33.6 Å². The van der Waals surface area contributed by atoms with Crippen LogP contribution in [0.3, 0.4) is 0 Å². The molecule has 0 aliphatic rings. The minimum absolute atomic E-state index is 0.0306. The molecule has 0 saturated carbocycles. The van der Waals surface area contributed by atoms with E-state index in [0.717, 1.165) is 34.6 Å². The van der Waals surface area contributed by atoms with E-state index < -0.39 is 0 Å². The number of carbonyl (C=O) groups excluding carboxylic acids is 1. The average Bonchev–Trinajstić information content (AvgIpc) is 2.68. The molecule has 0 bridgehead atoms. The lowest BCUT2D eigenvalue weighted by Crippen LogP contribution is -2.15. The summed E-state index contributed by atoms with van der Waals surface area (Å²) in [6.07, 6.45) is 1.33. The molecule has 2 aromatic rings. The van der Waals surface area contributed by atoms with Crippen molar-refractivity contribution in [1.82, 2.24) is 4.98 Å². The second kappa shape index (κ2) is 5.74. The fourth-order valence-corrected chi connectivity index (χ4v) is 2.28. The molecule has 1 heterocycles. The number of anilines is 1. The average molecular weight is 256 g/mol. The maximum absolute atomic E-state index is 12.1. The molecule has 19 heavy (non-hydrogen) atoms. The molecule has 3 heteroatoms. The molecule has 0 spiro atoms. The lowest BCUT2D eigenvalue weighted by Gasteiger charge is -2.09. The van der Waals surface area contributed by atoms with Crippen molar-refractivity contribution in [1.29, 1.82) is 0 Å². The number of para-hydroxylation sites is 1. The van der Waals surface area contributed by atoms with Crippen LogP contribution in [0, 0.1) is 13.8 Å². The molecule has 3 nitrogen and oxygen atoms in total. The summed E-state index contributed by atoms with van der Waals surface area (Å²) in [4.78, 5) is 15.3. The van der Waals surface area contributed by atoms with Crippen LogP contribution in [0.1, 0.15) is 29.4 Å². The van der Waals surface area contributed by atoms with E-state index >= 15 is 0 Å². The minimum Gasteiger partial charge on any atom is -0.362 e. The number of hydrogen-bond acceptors (Lipinski definition) is 1. The Morgan fingerprint density at radius 1 is 1.21 bits per heavy atom. The van der Waals surface area contributed by atoms with Crippen LogP contribution in [0.15, 0.2) is 30.3 Å². The Bertz CT molecular complexity index is 584. The fraction of sp³-hybridized carbons (Fsp3) is 0.312. The predicted molar refractivity (Wildman–Crippen MR) is 78.4 cm³/mol. The lowest BCUT2D eigenvalue weighted by molar-refractivity contribution is -0.115. The van der Waals surface area contributed by atoms with Crippen molar-refractivity contribution in [2.24, 2.45) is 0 Å². The molecule has 1 aromatic carbocycles. The van der Waals surface area contributed by atoms with Crippen molar-refractivity contribution >= 4 is 11.6 Å². The first kappa shape index (κ1) is 13.4. The number of aromatic nitrogens is 1. The predicted octanol–water partition coefficient (Wildman–Crippen LogP) is 3.38. The molecule has 0 saturated heterocycles. The first-order chi connectivity index (χ1) is 9.10. The molecule has 0 unspecified atom stereocenters. The van der Waals surface area contributed by atoms with Crippen LogP contribution >= 0.6 is 0 Å². The van der Waals surface area contributed by atoms with Gasteiger partial charge in [0.2, 0.25) is 5.91 Å². The van der Waals surface area contributed by atoms with E-state index in [1.54, 1.807) is 0 Å². The maximum atomic E-state index is 12.1. The number of rotatable bonds is 4. The smallest absolute Gasteiger partial charge is 0.228 e. The molecule has 0 radical (unpaired) electrons. The summed E-state index contributed by atoms with van der Waals surface area (Å²) in [5.41, 5.74) is 5.30. The van der Waals surface area contributed by atoms with Crippen LogP contribution in [0.25, 0.3) is 0 Å². The largest absolute Gasteiger partial charge is 0.362 e. The number of carbonyl (C=O) groups is 1. The van der Waals surface area contributed by atoms with E-state index in [1.165, 1.54) is 0 Å². The molecule has 0 fully saturated rings. The zero-order valence-corrected chi connectivity index (χ0v) is 11.7. The molecule has 100 valence electrons. The van der Waals surface area contributed by atoms with Crippen LogP contribution in [-0.4, -0.2) is 10.9 Å². The van der Waals surface area contributed by atoms with E-state index in [1.807, 2.05) is 44.2 Å². The van der Waals surface area contributed by atoms with Gasteiger partial charge in [0.15, 0.2) is 0 Å². The van der Waals surface area contributed by atoms with E-state index in [4.69, 9.17) is 0 Å². The molecule has 0 atom stereocenters. The zero-order valence-electron chi connectivity index (χ0n) is 11.7. The van der Waals surface area contributed by atoms with E-state index in [0.29, 0.717) is 6.42 Å². The summed E-state index contributed by atoms with van der Waals surface area (Å²) < 4.78 is 0. The number of hydrogen-bond donors (Lipinski definition) is 2. The van der Waals surface area contributed by atoms with Gasteiger partial charge in [-0.2, -0.15) is 0 Å². The first-order valence-corrected chi connectivity index (χ1v) is 6.63. The van der Waals surface area contributed by atoms with Crippen LogP contribution in [0.2, 0.25) is 0 Å². The summed E-state index contributed by atoms with van der Waals surface area (Å²) in [6, 6.07) is 9.96. The van der Waals surface area contributed by atoms with Gasteiger partial charge in [0.1, 0.15) is 0 Å². The summed E-state index contributed by atoms with van der Waals surface area (Å²) in [5, 5.41) is 2.99. The number of aryl methyl sites for hydroxylation is 3. The van der Waals surface area contributed by atoms with Crippen LogP contribution < -0.4 is 5.32 Å². The number of aromatic amines is 1. The molecule has 0 aliphatic heterocycles. The van der Waals surface area contributed by atoms with Crippen molar-refractivity contribution in [3.63, 3.8) is 0 Å². The van der Waals surface area contributed by atoms with E-state index in [9.17, 15) is 4.79 Å². The third-order valence-electron chi connectivity index (χ3n) is 3.28. The fourth-order valence-electron chi connectivity index (χ4n) is 2.28. The summed E-state index contributed by atoms with van der Waals surface area (Å²) >= 11 is 0. The first-order valence-electron chi connectivity index (χ1n) is 6.63. The van der Waals surface area contributed by atoms with Crippen molar-refractivity contribution in [3.05, 3.63) is 52.8 Å². The molecular weight excluding hydrogens is 236 g/mol. The molecule has 2 N–H and O–H groups in total. The topological polar surface area (TPSA) is 44.9 Å². The lowest BCUT2D eigenvalue weighted by atomic mass is 10.1. The van der Waals surface area contributed by atoms with Crippen LogP contribution in [0.5, 0.6) is 0 Å². The molecular formula is C16H20N2O. The maximum Gasteiger partial charge on any atom is 0.228 e. The third kappa shape index (κ3) is 3.25. The second-order valence-electron chi connectivity index (χ2n) is 4.84. The highest BCUT2D eigenvalue weighted by molar-refractivity contribution is 5.93. The molecule has 1 aromatic heterocycles. The Balaban J connectivity index is 2.07. The Labute approximate surface area is 114 Å².